The smallest absolute Gasteiger partial charge is 0.383 e. The van der Waals surface area contributed by atoms with Crippen LogP contribution in [0.25, 0.3) is 6.08 Å². The van der Waals surface area contributed by atoms with E-state index < -0.39 is 17.8 Å². The predicted octanol–water partition coefficient (Wildman–Crippen LogP) is 3.19. The van der Waals surface area contributed by atoms with Crippen LogP contribution in [0, 0.1) is 0 Å². The van der Waals surface area contributed by atoms with Gasteiger partial charge in [0.25, 0.3) is 0 Å². The molecule has 2 aromatic rings. The highest BCUT2D eigenvalue weighted by Gasteiger charge is 2.37. The Balaban J connectivity index is 2.28. The summed E-state index contributed by atoms with van der Waals surface area (Å²) in [5.74, 6) is 0. The summed E-state index contributed by atoms with van der Waals surface area (Å²) in [6, 6.07) is 9.01. The first-order chi connectivity index (χ1) is 9.39. The van der Waals surface area contributed by atoms with Gasteiger partial charge < -0.3 is 5.11 Å². The van der Waals surface area contributed by atoms with Crippen molar-refractivity contribution in [1.82, 2.24) is 9.78 Å². The topological polar surface area (TPSA) is 38.0 Å². The lowest BCUT2D eigenvalue weighted by Crippen LogP contribution is -2.12. The molecule has 0 saturated heterocycles. The summed E-state index contributed by atoms with van der Waals surface area (Å²) in [6.07, 6.45) is -2.32. The maximum Gasteiger partial charge on any atom is 0.419 e. The summed E-state index contributed by atoms with van der Waals surface area (Å²) in [7, 11) is 1.37. The van der Waals surface area contributed by atoms with Crippen molar-refractivity contribution in [3.8, 4) is 0 Å². The number of benzene rings is 1. The Bertz CT molecular complexity index is 603. The standard InChI is InChI=1S/C14H13F3N2O/c1-19-13(11(9-18-19)14(15,16)17)12(20)8-7-10-5-3-2-4-6-10/h2-9,12,20H,1H3/b8-7+. The number of aliphatic hydroxyl groups is 1. The zero-order valence-corrected chi connectivity index (χ0v) is 10.7. The fraction of sp³-hybridized carbons (Fsp3) is 0.214. The fourth-order valence-electron chi connectivity index (χ4n) is 1.87. The Morgan fingerprint density at radius 2 is 1.90 bits per heavy atom. The van der Waals surface area contributed by atoms with Gasteiger partial charge in [0.2, 0.25) is 0 Å². The van der Waals surface area contributed by atoms with Gasteiger partial charge in [0.05, 0.1) is 17.5 Å². The Hall–Kier alpha value is -2.08. The monoisotopic (exact) mass is 282 g/mol. The average Bonchev–Trinajstić information content (AvgIpc) is 2.79. The first-order valence-corrected chi connectivity index (χ1v) is 5.90. The van der Waals surface area contributed by atoms with Crippen molar-refractivity contribution in [3.05, 3.63) is 59.4 Å². The van der Waals surface area contributed by atoms with Crippen LogP contribution in [0.4, 0.5) is 13.2 Å². The SMILES string of the molecule is Cn1ncc(C(F)(F)F)c1C(O)/C=C/c1ccccc1. The molecule has 0 aliphatic heterocycles. The lowest BCUT2D eigenvalue weighted by molar-refractivity contribution is -0.139. The van der Waals surface area contributed by atoms with Crippen LogP contribution in [0.5, 0.6) is 0 Å². The van der Waals surface area contributed by atoms with E-state index in [2.05, 4.69) is 5.10 Å². The molecule has 20 heavy (non-hydrogen) atoms. The van der Waals surface area contributed by atoms with Crippen molar-refractivity contribution in [3.63, 3.8) is 0 Å². The number of hydrogen-bond donors (Lipinski definition) is 1. The number of halogens is 3. The summed E-state index contributed by atoms with van der Waals surface area (Å²) >= 11 is 0. The van der Waals surface area contributed by atoms with Crippen LogP contribution in [-0.2, 0) is 13.2 Å². The molecule has 1 unspecified atom stereocenters. The molecule has 3 nitrogen and oxygen atoms in total. The number of alkyl halides is 3. The molecule has 6 heteroatoms. The van der Waals surface area contributed by atoms with Gasteiger partial charge >= 0.3 is 6.18 Å². The Labute approximate surface area is 114 Å². The van der Waals surface area contributed by atoms with E-state index in [-0.39, 0.29) is 5.69 Å². The van der Waals surface area contributed by atoms with Crippen molar-refractivity contribution in [2.45, 2.75) is 12.3 Å². The molecule has 0 radical (unpaired) electrons. The van der Waals surface area contributed by atoms with Crippen molar-refractivity contribution in [2.75, 3.05) is 0 Å². The van der Waals surface area contributed by atoms with Gasteiger partial charge in [-0.2, -0.15) is 18.3 Å². The second-order valence-electron chi connectivity index (χ2n) is 4.28. The van der Waals surface area contributed by atoms with Crippen LogP contribution in [0.1, 0.15) is 22.9 Å². The predicted molar refractivity (Wildman–Crippen MR) is 68.6 cm³/mol. The molecule has 1 atom stereocenters. The minimum Gasteiger partial charge on any atom is -0.383 e. The summed E-state index contributed by atoms with van der Waals surface area (Å²) in [5, 5.41) is 13.5. The largest absolute Gasteiger partial charge is 0.419 e. The van der Waals surface area contributed by atoms with E-state index in [0.29, 0.717) is 0 Å². The van der Waals surface area contributed by atoms with E-state index >= 15 is 0 Å². The van der Waals surface area contributed by atoms with Crippen LogP contribution in [0.2, 0.25) is 0 Å². The van der Waals surface area contributed by atoms with Gasteiger partial charge in [-0.1, -0.05) is 36.4 Å². The maximum absolute atomic E-state index is 12.8. The third kappa shape index (κ3) is 3.08. The summed E-state index contributed by atoms with van der Waals surface area (Å²) in [4.78, 5) is 0. The first-order valence-electron chi connectivity index (χ1n) is 5.90. The first kappa shape index (κ1) is 14.3. The Morgan fingerprint density at radius 3 is 2.50 bits per heavy atom. The van der Waals surface area contributed by atoms with Gasteiger partial charge in [0.15, 0.2) is 0 Å². The minimum absolute atomic E-state index is 0.273. The molecule has 1 aromatic carbocycles. The molecule has 2 rings (SSSR count). The number of nitrogens with zero attached hydrogens (tertiary/aromatic N) is 2. The third-order valence-electron chi connectivity index (χ3n) is 2.84. The molecule has 1 heterocycles. The molecule has 106 valence electrons. The van der Waals surface area contributed by atoms with Crippen LogP contribution >= 0.6 is 0 Å². The molecule has 1 N–H and O–H groups in total. The molecule has 0 aliphatic carbocycles. The van der Waals surface area contributed by atoms with Gasteiger partial charge in [-0.05, 0) is 11.6 Å². The average molecular weight is 282 g/mol. The van der Waals surface area contributed by atoms with E-state index in [1.54, 1.807) is 30.3 Å². The summed E-state index contributed by atoms with van der Waals surface area (Å²) < 4.78 is 39.4. The molecule has 0 aliphatic rings. The van der Waals surface area contributed by atoms with Gasteiger partial charge in [0.1, 0.15) is 6.10 Å². The van der Waals surface area contributed by atoms with Crippen molar-refractivity contribution < 1.29 is 18.3 Å². The van der Waals surface area contributed by atoms with Crippen molar-refractivity contribution >= 4 is 6.08 Å². The molecule has 0 spiro atoms. The van der Waals surface area contributed by atoms with Crippen molar-refractivity contribution in [1.29, 1.82) is 0 Å². The van der Waals surface area contributed by atoms with Gasteiger partial charge in [-0.15, -0.1) is 0 Å². The van der Waals surface area contributed by atoms with Crippen LogP contribution in [0.15, 0.2) is 42.6 Å². The number of aromatic nitrogens is 2. The molecule has 0 saturated carbocycles. The molecule has 1 aromatic heterocycles. The van der Waals surface area contributed by atoms with Crippen LogP contribution in [-0.4, -0.2) is 14.9 Å². The number of aryl methyl sites for hydroxylation is 1. The lowest BCUT2D eigenvalue weighted by Gasteiger charge is -2.12. The van der Waals surface area contributed by atoms with Crippen LogP contribution in [0.3, 0.4) is 0 Å². The quantitative estimate of drug-likeness (QED) is 0.939. The van der Waals surface area contributed by atoms with E-state index in [1.165, 1.54) is 13.1 Å². The second-order valence-corrected chi connectivity index (χ2v) is 4.28. The van der Waals surface area contributed by atoms with Gasteiger partial charge in [-0.3, -0.25) is 4.68 Å². The van der Waals surface area contributed by atoms with E-state index in [4.69, 9.17) is 0 Å². The molecular formula is C14H13F3N2O. The molecule has 0 bridgehead atoms. The minimum atomic E-state index is -4.54. The third-order valence-corrected chi connectivity index (χ3v) is 2.84. The highest BCUT2D eigenvalue weighted by Crippen LogP contribution is 2.34. The van der Waals surface area contributed by atoms with E-state index in [9.17, 15) is 18.3 Å². The Kier molecular flexibility index (Phi) is 3.94. The Morgan fingerprint density at radius 1 is 1.25 bits per heavy atom. The second kappa shape index (κ2) is 5.50. The summed E-state index contributed by atoms with van der Waals surface area (Å²) in [5.41, 5.74) is -0.405. The zero-order valence-electron chi connectivity index (χ0n) is 10.7. The van der Waals surface area contributed by atoms with E-state index in [0.717, 1.165) is 16.4 Å². The normalized spacial score (nSPS) is 13.8. The number of aliphatic hydroxyl groups excluding tert-OH is 1. The highest BCUT2D eigenvalue weighted by molar-refractivity contribution is 5.50. The number of hydrogen-bond acceptors (Lipinski definition) is 2. The van der Waals surface area contributed by atoms with Crippen LogP contribution < -0.4 is 0 Å². The molecule has 0 fully saturated rings. The van der Waals surface area contributed by atoms with Gasteiger partial charge in [-0.25, -0.2) is 0 Å². The molecular weight excluding hydrogens is 269 g/mol. The van der Waals surface area contributed by atoms with Gasteiger partial charge in [0, 0.05) is 7.05 Å². The highest BCUT2D eigenvalue weighted by atomic mass is 19.4. The zero-order chi connectivity index (χ0) is 14.8. The molecule has 0 amide bonds. The fourth-order valence-corrected chi connectivity index (χ4v) is 1.87. The maximum atomic E-state index is 12.8. The van der Waals surface area contributed by atoms with E-state index in [1.807, 2.05) is 6.07 Å². The lowest BCUT2D eigenvalue weighted by atomic mass is 10.1. The number of rotatable bonds is 3. The summed E-state index contributed by atoms with van der Waals surface area (Å²) in [6.45, 7) is 0. The van der Waals surface area contributed by atoms with Crippen molar-refractivity contribution in [2.24, 2.45) is 7.05 Å².